The molecule has 152 valence electrons. The number of hydrazine groups is 1. The lowest BCUT2D eigenvalue weighted by Gasteiger charge is -2.36. The highest BCUT2D eigenvalue weighted by atomic mass is 19.4. The first-order valence-electron chi connectivity index (χ1n) is 7.76. The summed E-state index contributed by atoms with van der Waals surface area (Å²) in [7, 11) is 0. The molecule has 0 aliphatic heterocycles. The Morgan fingerprint density at radius 3 is 1.70 bits per heavy atom. The standard InChI is InChI=1S/C16H19F6N3O2/c1-5-14(15(17,18)19,16(20,21)22)23-13(27)25-24-12(26)11-9(3)6-8(2)7-10(11)4/h6-7H,5H2,1-4H3,(H,24,26)(H2,23,25,27). The Morgan fingerprint density at radius 1 is 0.889 bits per heavy atom. The van der Waals surface area contributed by atoms with Gasteiger partial charge in [0, 0.05) is 5.56 Å². The first-order valence-corrected chi connectivity index (χ1v) is 7.76. The van der Waals surface area contributed by atoms with Crippen LogP contribution in [0.4, 0.5) is 31.1 Å². The van der Waals surface area contributed by atoms with E-state index in [9.17, 15) is 35.9 Å². The fourth-order valence-electron chi connectivity index (χ4n) is 2.73. The van der Waals surface area contributed by atoms with Gasteiger partial charge in [-0.05, 0) is 38.3 Å². The largest absolute Gasteiger partial charge is 0.420 e. The summed E-state index contributed by atoms with van der Waals surface area (Å²) < 4.78 is 77.9. The van der Waals surface area contributed by atoms with E-state index in [4.69, 9.17) is 0 Å². The van der Waals surface area contributed by atoms with Gasteiger partial charge >= 0.3 is 18.4 Å². The molecule has 1 aromatic carbocycles. The zero-order valence-electron chi connectivity index (χ0n) is 14.9. The molecule has 0 unspecified atom stereocenters. The lowest BCUT2D eigenvalue weighted by atomic mass is 9.94. The maximum Gasteiger partial charge on any atom is 0.420 e. The van der Waals surface area contributed by atoms with Crippen molar-refractivity contribution in [2.45, 2.75) is 52.0 Å². The third-order valence-electron chi connectivity index (χ3n) is 4.02. The highest BCUT2D eigenvalue weighted by Crippen LogP contribution is 2.45. The molecule has 0 fully saturated rings. The molecule has 0 radical (unpaired) electrons. The quantitative estimate of drug-likeness (QED) is 0.534. The summed E-state index contributed by atoms with van der Waals surface area (Å²) in [6, 6.07) is 1.48. The second kappa shape index (κ2) is 7.65. The Bertz CT molecular complexity index is 691. The summed E-state index contributed by atoms with van der Waals surface area (Å²) in [6.45, 7) is 5.62. The number of rotatable bonds is 3. The van der Waals surface area contributed by atoms with Crippen LogP contribution in [0.25, 0.3) is 0 Å². The first-order chi connectivity index (χ1) is 12.2. The van der Waals surface area contributed by atoms with E-state index in [2.05, 4.69) is 0 Å². The highest BCUT2D eigenvalue weighted by Gasteiger charge is 2.70. The number of nitrogens with one attached hydrogen (secondary N) is 3. The minimum absolute atomic E-state index is 0.147. The van der Waals surface area contributed by atoms with Gasteiger partial charge in [0.15, 0.2) is 0 Å². The molecule has 0 saturated carbocycles. The molecule has 0 spiro atoms. The normalized spacial score (nSPS) is 12.5. The van der Waals surface area contributed by atoms with Gasteiger partial charge in [-0.1, -0.05) is 24.6 Å². The van der Waals surface area contributed by atoms with Crippen molar-refractivity contribution in [1.29, 1.82) is 0 Å². The zero-order valence-corrected chi connectivity index (χ0v) is 14.9. The number of hydrogen-bond donors (Lipinski definition) is 3. The molecule has 1 rings (SSSR count). The van der Waals surface area contributed by atoms with Crippen LogP contribution < -0.4 is 16.2 Å². The summed E-state index contributed by atoms with van der Waals surface area (Å²) in [5.41, 5.74) is 0.969. The topological polar surface area (TPSA) is 70.2 Å². The molecule has 0 aromatic heterocycles. The second-order valence-electron chi connectivity index (χ2n) is 6.06. The van der Waals surface area contributed by atoms with Crippen molar-refractivity contribution in [3.05, 3.63) is 34.4 Å². The number of hydrogen-bond acceptors (Lipinski definition) is 2. The van der Waals surface area contributed by atoms with Crippen molar-refractivity contribution in [3.63, 3.8) is 0 Å². The fourth-order valence-corrected chi connectivity index (χ4v) is 2.73. The van der Waals surface area contributed by atoms with Crippen molar-refractivity contribution in [2.75, 3.05) is 0 Å². The van der Waals surface area contributed by atoms with Crippen LogP contribution in [0.15, 0.2) is 12.1 Å². The molecule has 1 aromatic rings. The van der Waals surface area contributed by atoms with Gasteiger partial charge in [0.05, 0.1) is 0 Å². The maximum atomic E-state index is 13.0. The van der Waals surface area contributed by atoms with Gasteiger partial charge in [-0.15, -0.1) is 0 Å². The van der Waals surface area contributed by atoms with Crippen molar-refractivity contribution in [3.8, 4) is 0 Å². The Kier molecular flexibility index (Phi) is 6.40. The van der Waals surface area contributed by atoms with E-state index in [1.807, 2.05) is 5.43 Å². The first kappa shape index (κ1) is 22.6. The van der Waals surface area contributed by atoms with Crippen LogP contribution in [0.2, 0.25) is 0 Å². The minimum atomic E-state index is -5.79. The number of urea groups is 1. The van der Waals surface area contributed by atoms with Gasteiger partial charge < -0.3 is 5.32 Å². The van der Waals surface area contributed by atoms with E-state index in [1.54, 1.807) is 32.9 Å². The van der Waals surface area contributed by atoms with Gasteiger partial charge in [0.2, 0.25) is 5.54 Å². The molecule has 0 aliphatic carbocycles. The Balaban J connectivity index is 2.95. The predicted molar refractivity (Wildman–Crippen MR) is 84.9 cm³/mol. The number of alkyl halides is 6. The lowest BCUT2D eigenvalue weighted by Crippen LogP contribution is -2.69. The fraction of sp³-hybridized carbons (Fsp3) is 0.500. The second-order valence-corrected chi connectivity index (χ2v) is 6.06. The molecule has 3 N–H and O–H groups in total. The van der Waals surface area contributed by atoms with Gasteiger partial charge in [0.25, 0.3) is 5.91 Å². The average Bonchev–Trinajstić information content (AvgIpc) is 2.46. The predicted octanol–water partition coefficient (Wildman–Crippen LogP) is 3.83. The number of aryl methyl sites for hydroxylation is 3. The number of carbonyl (C=O) groups excluding carboxylic acids is 2. The third-order valence-corrected chi connectivity index (χ3v) is 4.02. The van der Waals surface area contributed by atoms with Crippen LogP contribution in [-0.4, -0.2) is 29.8 Å². The number of halogens is 6. The number of benzene rings is 1. The van der Waals surface area contributed by atoms with Crippen molar-refractivity contribution >= 4 is 11.9 Å². The zero-order chi connectivity index (χ0) is 21.2. The number of carbonyl (C=O) groups is 2. The summed E-state index contributed by atoms with van der Waals surface area (Å²) in [5.74, 6) is -0.874. The van der Waals surface area contributed by atoms with Gasteiger partial charge in [-0.2, -0.15) is 26.3 Å². The van der Waals surface area contributed by atoms with Crippen LogP contribution in [0, 0.1) is 20.8 Å². The van der Waals surface area contributed by atoms with Crippen LogP contribution in [-0.2, 0) is 0 Å². The molecule has 0 atom stereocenters. The van der Waals surface area contributed by atoms with Crippen LogP contribution in [0.3, 0.4) is 0 Å². The van der Waals surface area contributed by atoms with Crippen molar-refractivity contribution < 1.29 is 35.9 Å². The lowest BCUT2D eigenvalue weighted by molar-refractivity contribution is -0.304. The number of amides is 3. The Hall–Kier alpha value is -2.46. The molecule has 0 aliphatic rings. The molecule has 0 saturated heterocycles. The molecule has 5 nitrogen and oxygen atoms in total. The Labute approximate surface area is 151 Å². The van der Waals surface area contributed by atoms with Crippen LogP contribution in [0.1, 0.15) is 40.4 Å². The van der Waals surface area contributed by atoms with Crippen LogP contribution >= 0.6 is 0 Å². The van der Waals surface area contributed by atoms with Gasteiger partial charge in [-0.3, -0.25) is 10.2 Å². The van der Waals surface area contributed by atoms with Crippen molar-refractivity contribution in [1.82, 2.24) is 16.2 Å². The highest BCUT2D eigenvalue weighted by molar-refractivity contribution is 5.98. The smallest absolute Gasteiger partial charge is 0.315 e. The summed E-state index contributed by atoms with van der Waals surface area (Å²) in [4.78, 5) is 23.8. The molecular formula is C16H19F6N3O2. The van der Waals surface area contributed by atoms with E-state index in [1.165, 1.54) is 5.43 Å². The van der Waals surface area contributed by atoms with E-state index >= 15 is 0 Å². The summed E-state index contributed by atoms with van der Waals surface area (Å²) in [6.07, 6.45) is -13.0. The molecule has 0 bridgehead atoms. The van der Waals surface area contributed by atoms with E-state index in [0.717, 1.165) is 10.9 Å². The minimum Gasteiger partial charge on any atom is -0.315 e. The molecule has 27 heavy (non-hydrogen) atoms. The maximum absolute atomic E-state index is 13.0. The molecular weight excluding hydrogens is 380 g/mol. The summed E-state index contributed by atoms with van der Waals surface area (Å²) >= 11 is 0. The summed E-state index contributed by atoms with van der Waals surface area (Å²) in [5, 5.41) is 0.891. The third kappa shape index (κ3) is 4.64. The monoisotopic (exact) mass is 399 g/mol. The van der Waals surface area contributed by atoms with Gasteiger partial charge in [-0.25, -0.2) is 10.2 Å². The van der Waals surface area contributed by atoms with E-state index < -0.39 is 36.3 Å². The SMILES string of the molecule is CCC(NC(=O)NNC(=O)c1c(C)cc(C)cc1C)(C(F)(F)F)C(F)(F)F. The molecule has 11 heteroatoms. The molecule has 3 amide bonds. The van der Waals surface area contributed by atoms with Gasteiger partial charge in [0.1, 0.15) is 0 Å². The van der Waals surface area contributed by atoms with Crippen molar-refractivity contribution in [2.24, 2.45) is 0 Å². The molecule has 0 heterocycles. The Morgan fingerprint density at radius 2 is 1.33 bits per heavy atom. The average molecular weight is 399 g/mol. The van der Waals surface area contributed by atoms with E-state index in [0.29, 0.717) is 18.1 Å². The van der Waals surface area contributed by atoms with Crippen LogP contribution in [0.5, 0.6) is 0 Å². The van der Waals surface area contributed by atoms with E-state index in [-0.39, 0.29) is 5.56 Å².